The normalized spacial score (nSPS) is 26.5. The predicted molar refractivity (Wildman–Crippen MR) is 130 cm³/mol. The number of benzene rings is 1. The molecule has 3 heterocycles. The Kier molecular flexibility index (Phi) is 6.73. The Morgan fingerprint density at radius 2 is 1.94 bits per heavy atom. The summed E-state index contributed by atoms with van der Waals surface area (Å²) in [7, 11) is 3.24. The number of carbonyl (C=O) groups excluding carboxylic acids is 2. The van der Waals surface area contributed by atoms with Crippen molar-refractivity contribution in [1.82, 2.24) is 4.90 Å². The lowest BCUT2D eigenvalue weighted by Crippen LogP contribution is -2.34. The summed E-state index contributed by atoms with van der Waals surface area (Å²) in [6, 6.07) is 13.8. The van der Waals surface area contributed by atoms with Crippen molar-refractivity contribution in [3.8, 4) is 0 Å². The van der Waals surface area contributed by atoms with Gasteiger partial charge in [-0.05, 0) is 59.8 Å². The van der Waals surface area contributed by atoms with E-state index in [2.05, 4.69) is 12.1 Å². The van der Waals surface area contributed by atoms with Gasteiger partial charge in [0.15, 0.2) is 0 Å². The summed E-state index contributed by atoms with van der Waals surface area (Å²) in [5, 5.41) is 9.35. The van der Waals surface area contributed by atoms with Crippen molar-refractivity contribution in [2.45, 2.75) is 32.0 Å². The van der Waals surface area contributed by atoms with Crippen molar-refractivity contribution in [2.75, 3.05) is 27.4 Å². The molecule has 7 heteroatoms. The van der Waals surface area contributed by atoms with Gasteiger partial charge in [-0.2, -0.15) is 0 Å². The standard InChI is InChI=1S/C28H31NO6/c1-29-27(31)22-13-19(15-33-2)25-23(26(22)28(29)32)16-34-24(25)11-8-18(17-6-4-3-5-7-17)12-20-9-10-21(14-30)35-20/h3-7,9-10,12,22-24,26,30H,8,11,13-16H2,1-2H3/b18-12-/t22-,23+,24-,26-/m1/s1. The molecule has 35 heavy (non-hydrogen) atoms. The molecule has 5 rings (SSSR count). The van der Waals surface area contributed by atoms with Gasteiger partial charge >= 0.3 is 0 Å². The first-order chi connectivity index (χ1) is 17.0. The Balaban J connectivity index is 1.42. The number of methoxy groups -OCH3 is 1. The van der Waals surface area contributed by atoms with Gasteiger partial charge in [-0.15, -0.1) is 0 Å². The highest BCUT2D eigenvalue weighted by Gasteiger charge is 2.56. The number of aliphatic hydroxyl groups is 1. The number of aliphatic hydroxyl groups excluding tert-OH is 1. The quantitative estimate of drug-likeness (QED) is 0.461. The number of ether oxygens (including phenoxy) is 2. The molecule has 1 aromatic carbocycles. The van der Waals surface area contributed by atoms with Gasteiger partial charge in [0.05, 0.1) is 31.2 Å². The minimum Gasteiger partial charge on any atom is -0.459 e. The van der Waals surface area contributed by atoms with E-state index in [-0.39, 0.29) is 42.3 Å². The molecule has 2 aliphatic heterocycles. The highest BCUT2D eigenvalue weighted by atomic mass is 16.5. The molecule has 2 amide bonds. The van der Waals surface area contributed by atoms with E-state index in [4.69, 9.17) is 13.9 Å². The molecular weight excluding hydrogens is 446 g/mol. The Hall–Kier alpha value is -3.00. The van der Waals surface area contributed by atoms with Gasteiger partial charge in [-0.25, -0.2) is 0 Å². The third-order valence-corrected chi connectivity index (χ3v) is 7.52. The summed E-state index contributed by atoms with van der Waals surface area (Å²) in [6.45, 7) is 0.752. The van der Waals surface area contributed by atoms with Crippen LogP contribution in [0.25, 0.3) is 11.6 Å². The molecule has 1 aliphatic carbocycles. The fourth-order valence-corrected chi connectivity index (χ4v) is 5.90. The minimum absolute atomic E-state index is 0.0772. The van der Waals surface area contributed by atoms with Gasteiger partial charge in [0.1, 0.15) is 18.1 Å². The van der Waals surface area contributed by atoms with Crippen LogP contribution < -0.4 is 0 Å². The first-order valence-electron chi connectivity index (χ1n) is 12.1. The summed E-state index contributed by atoms with van der Waals surface area (Å²) in [4.78, 5) is 26.9. The highest BCUT2D eigenvalue weighted by molar-refractivity contribution is 6.05. The van der Waals surface area contributed by atoms with Crippen LogP contribution in [0.2, 0.25) is 0 Å². The molecular formula is C28H31NO6. The predicted octanol–water partition coefficient (Wildman–Crippen LogP) is 3.69. The first-order valence-corrected chi connectivity index (χ1v) is 12.1. The van der Waals surface area contributed by atoms with Crippen LogP contribution in [0.4, 0.5) is 0 Å². The fraction of sp³-hybridized carbons (Fsp3) is 0.429. The molecule has 0 radical (unpaired) electrons. The number of rotatable bonds is 8. The number of hydrogen-bond donors (Lipinski definition) is 1. The van der Waals surface area contributed by atoms with Crippen molar-refractivity contribution in [3.63, 3.8) is 0 Å². The molecule has 2 fully saturated rings. The average molecular weight is 478 g/mol. The van der Waals surface area contributed by atoms with E-state index in [0.29, 0.717) is 31.2 Å². The van der Waals surface area contributed by atoms with Crippen LogP contribution in [0.5, 0.6) is 0 Å². The third kappa shape index (κ3) is 4.40. The zero-order valence-corrected chi connectivity index (χ0v) is 20.1. The van der Waals surface area contributed by atoms with Crippen LogP contribution in [0, 0.1) is 17.8 Å². The van der Waals surface area contributed by atoms with E-state index in [1.807, 2.05) is 30.3 Å². The molecule has 0 unspecified atom stereocenters. The Morgan fingerprint density at radius 1 is 1.14 bits per heavy atom. The maximum Gasteiger partial charge on any atom is 0.233 e. The van der Waals surface area contributed by atoms with Crippen LogP contribution in [0.15, 0.2) is 58.0 Å². The van der Waals surface area contributed by atoms with Crippen molar-refractivity contribution < 1.29 is 28.6 Å². The second-order valence-electron chi connectivity index (χ2n) is 9.53. The van der Waals surface area contributed by atoms with E-state index in [9.17, 15) is 14.7 Å². The van der Waals surface area contributed by atoms with Gasteiger partial charge < -0.3 is 19.0 Å². The highest BCUT2D eigenvalue weighted by Crippen LogP contribution is 2.49. The third-order valence-electron chi connectivity index (χ3n) is 7.52. The zero-order valence-electron chi connectivity index (χ0n) is 20.1. The molecule has 0 saturated carbocycles. The van der Waals surface area contributed by atoms with Crippen LogP contribution in [0.1, 0.15) is 36.3 Å². The molecule has 0 bridgehead atoms. The lowest BCUT2D eigenvalue weighted by molar-refractivity contribution is -0.138. The Morgan fingerprint density at radius 3 is 2.66 bits per heavy atom. The topological polar surface area (TPSA) is 89.2 Å². The summed E-state index contributed by atoms with van der Waals surface area (Å²) < 4.78 is 17.5. The van der Waals surface area contributed by atoms with E-state index < -0.39 is 0 Å². The van der Waals surface area contributed by atoms with Crippen molar-refractivity contribution >= 4 is 23.5 Å². The smallest absolute Gasteiger partial charge is 0.233 e. The van der Waals surface area contributed by atoms with Crippen molar-refractivity contribution in [2.24, 2.45) is 17.8 Å². The molecule has 2 saturated heterocycles. The number of nitrogens with zero attached hydrogens (tertiary/aromatic N) is 1. The van der Waals surface area contributed by atoms with Crippen molar-refractivity contribution in [3.05, 3.63) is 70.7 Å². The van der Waals surface area contributed by atoms with Crippen molar-refractivity contribution in [1.29, 1.82) is 0 Å². The number of fused-ring (bicyclic) bond motifs is 3. The lowest BCUT2D eigenvalue weighted by atomic mass is 9.69. The van der Waals surface area contributed by atoms with Gasteiger partial charge in [0.25, 0.3) is 0 Å². The number of likely N-dealkylation sites (tertiary alicyclic amines) is 1. The van der Waals surface area contributed by atoms with Gasteiger partial charge in [0, 0.05) is 20.1 Å². The van der Waals surface area contributed by atoms with Crippen LogP contribution in [-0.4, -0.2) is 55.3 Å². The molecule has 2 aromatic rings. The summed E-state index contributed by atoms with van der Waals surface area (Å²) in [5.41, 5.74) is 4.45. The average Bonchev–Trinajstić information content (AvgIpc) is 3.57. The van der Waals surface area contributed by atoms with E-state index >= 15 is 0 Å². The lowest BCUT2D eigenvalue weighted by Gasteiger charge is -2.31. The molecule has 0 spiro atoms. The summed E-state index contributed by atoms with van der Waals surface area (Å²) >= 11 is 0. The molecule has 7 nitrogen and oxygen atoms in total. The Bertz CT molecular complexity index is 1160. The van der Waals surface area contributed by atoms with Crippen LogP contribution in [0.3, 0.4) is 0 Å². The monoisotopic (exact) mass is 477 g/mol. The molecule has 1 N–H and O–H groups in total. The SMILES string of the molecule is COCC1=C2[C@@H](CC/C(=C/c3ccc(CO)o3)c3ccccc3)OC[C@@H]2[C@@H]2C(=O)N(C)C(=O)[C@@H]2C1. The van der Waals surface area contributed by atoms with E-state index in [1.165, 1.54) is 4.90 Å². The summed E-state index contributed by atoms with van der Waals surface area (Å²) in [5.74, 6) is 0.308. The van der Waals surface area contributed by atoms with Gasteiger partial charge in [-0.3, -0.25) is 14.5 Å². The number of carbonyl (C=O) groups is 2. The number of amides is 2. The summed E-state index contributed by atoms with van der Waals surface area (Å²) in [6.07, 6.45) is 3.91. The Labute approximate surface area is 205 Å². The number of hydrogen-bond acceptors (Lipinski definition) is 6. The van der Waals surface area contributed by atoms with E-state index in [0.717, 1.165) is 35.1 Å². The second-order valence-corrected chi connectivity index (χ2v) is 9.53. The maximum absolute atomic E-state index is 12.9. The largest absolute Gasteiger partial charge is 0.459 e. The molecule has 4 atom stereocenters. The van der Waals surface area contributed by atoms with Gasteiger partial charge in [-0.1, -0.05) is 30.3 Å². The maximum atomic E-state index is 12.9. The molecule has 1 aromatic heterocycles. The minimum atomic E-state index is -0.336. The van der Waals surface area contributed by atoms with Crippen LogP contribution >= 0.6 is 0 Å². The van der Waals surface area contributed by atoms with Crippen LogP contribution in [-0.2, 0) is 25.7 Å². The van der Waals surface area contributed by atoms with Gasteiger partial charge in [0.2, 0.25) is 11.8 Å². The second kappa shape index (κ2) is 9.93. The zero-order chi connectivity index (χ0) is 24.5. The van der Waals surface area contributed by atoms with E-state index in [1.54, 1.807) is 20.2 Å². The number of furan rings is 1. The number of imide groups is 1. The fourth-order valence-electron chi connectivity index (χ4n) is 5.90. The number of allylic oxidation sites excluding steroid dienone is 1. The first kappa shape index (κ1) is 23.7. The molecule has 3 aliphatic rings. The molecule has 184 valence electrons.